The van der Waals surface area contributed by atoms with Crippen LogP contribution in [0.2, 0.25) is 0 Å². The van der Waals surface area contributed by atoms with Crippen LogP contribution >= 0.6 is 11.3 Å². The van der Waals surface area contributed by atoms with Crippen LogP contribution in [0.3, 0.4) is 0 Å². The van der Waals surface area contributed by atoms with Gasteiger partial charge in [-0.2, -0.15) is 0 Å². The first kappa shape index (κ1) is 15.8. The van der Waals surface area contributed by atoms with E-state index < -0.39 is 5.97 Å². The fourth-order valence-corrected chi connectivity index (χ4v) is 3.06. The topological polar surface area (TPSA) is 92.2 Å². The molecule has 3 aromatic rings. The van der Waals surface area contributed by atoms with E-state index in [1.54, 1.807) is 31.5 Å². The number of carbonyl (C=O) groups is 2. The predicted octanol–water partition coefficient (Wildman–Crippen LogP) is 3.46. The van der Waals surface area contributed by atoms with Crippen LogP contribution in [0.1, 0.15) is 25.7 Å². The lowest BCUT2D eigenvalue weighted by atomic mass is 10.2. The van der Waals surface area contributed by atoms with E-state index in [4.69, 9.17) is 5.11 Å². The van der Waals surface area contributed by atoms with Crippen LogP contribution in [-0.4, -0.2) is 27.0 Å². The van der Waals surface area contributed by atoms with Crippen molar-refractivity contribution in [3.05, 3.63) is 64.9 Å². The highest BCUT2D eigenvalue weighted by Crippen LogP contribution is 2.28. The summed E-state index contributed by atoms with van der Waals surface area (Å²) >= 11 is 1.29. The van der Waals surface area contributed by atoms with Crippen molar-refractivity contribution in [2.45, 2.75) is 6.92 Å². The third kappa shape index (κ3) is 3.31. The monoisotopic (exact) mass is 339 g/mol. The Bertz CT molecular complexity index is 889. The summed E-state index contributed by atoms with van der Waals surface area (Å²) in [6.07, 6.45) is 3.38. The highest BCUT2D eigenvalue weighted by molar-refractivity contribution is 7.17. The quantitative estimate of drug-likeness (QED) is 0.759. The molecule has 3 rings (SSSR count). The minimum atomic E-state index is -1.01. The smallest absolute Gasteiger partial charge is 0.335 e. The number of aromatic nitrogens is 2. The van der Waals surface area contributed by atoms with Gasteiger partial charge in [-0.15, -0.1) is 11.3 Å². The molecule has 0 radical (unpaired) electrons. The lowest BCUT2D eigenvalue weighted by molar-refractivity contribution is 0.0696. The minimum Gasteiger partial charge on any atom is -0.478 e. The number of pyridine rings is 1. The summed E-state index contributed by atoms with van der Waals surface area (Å²) < 4.78 is 0. The van der Waals surface area contributed by atoms with E-state index in [0.717, 1.165) is 10.6 Å². The van der Waals surface area contributed by atoms with Crippen LogP contribution < -0.4 is 5.32 Å². The summed E-state index contributed by atoms with van der Waals surface area (Å²) in [5.74, 6) is -1.28. The van der Waals surface area contributed by atoms with Crippen molar-refractivity contribution in [2.75, 3.05) is 5.32 Å². The van der Waals surface area contributed by atoms with Gasteiger partial charge >= 0.3 is 5.97 Å². The van der Waals surface area contributed by atoms with Gasteiger partial charge in [0, 0.05) is 23.6 Å². The number of hydrogen-bond donors (Lipinski definition) is 2. The van der Waals surface area contributed by atoms with Gasteiger partial charge in [-0.1, -0.05) is 0 Å². The van der Waals surface area contributed by atoms with Crippen molar-refractivity contribution in [3.63, 3.8) is 0 Å². The Labute approximate surface area is 141 Å². The summed E-state index contributed by atoms with van der Waals surface area (Å²) in [4.78, 5) is 32.2. The van der Waals surface area contributed by atoms with E-state index in [0.29, 0.717) is 16.3 Å². The Balaban J connectivity index is 1.80. The summed E-state index contributed by atoms with van der Waals surface area (Å²) in [6, 6.07) is 9.70. The third-order valence-electron chi connectivity index (χ3n) is 3.30. The number of anilines is 1. The number of thiazole rings is 1. The van der Waals surface area contributed by atoms with Gasteiger partial charge in [-0.3, -0.25) is 9.78 Å². The Kier molecular flexibility index (Phi) is 4.35. The zero-order chi connectivity index (χ0) is 17.1. The average Bonchev–Trinajstić information content (AvgIpc) is 2.98. The maximum absolute atomic E-state index is 12.4. The molecule has 0 spiro atoms. The number of rotatable bonds is 4. The van der Waals surface area contributed by atoms with E-state index in [-0.39, 0.29) is 11.5 Å². The van der Waals surface area contributed by atoms with Gasteiger partial charge in [0.1, 0.15) is 9.88 Å². The molecule has 0 fully saturated rings. The average molecular weight is 339 g/mol. The Morgan fingerprint density at radius 2 is 1.92 bits per heavy atom. The molecule has 2 heterocycles. The third-order valence-corrected chi connectivity index (χ3v) is 4.51. The molecule has 24 heavy (non-hydrogen) atoms. The number of carboxylic acids is 1. The molecule has 0 aliphatic carbocycles. The van der Waals surface area contributed by atoms with Crippen LogP contribution in [0.15, 0.2) is 48.8 Å². The molecule has 6 nitrogen and oxygen atoms in total. The fourth-order valence-electron chi connectivity index (χ4n) is 2.10. The number of hydrogen-bond acceptors (Lipinski definition) is 5. The molecule has 2 N–H and O–H groups in total. The summed E-state index contributed by atoms with van der Waals surface area (Å²) in [7, 11) is 0. The number of nitrogens with zero attached hydrogens (tertiary/aromatic N) is 2. The first-order chi connectivity index (χ1) is 11.5. The first-order valence-electron chi connectivity index (χ1n) is 7.07. The molecule has 1 amide bonds. The number of carbonyl (C=O) groups excluding carboxylic acids is 1. The van der Waals surface area contributed by atoms with Crippen LogP contribution in [-0.2, 0) is 0 Å². The number of carboxylic acid groups (broad SMARTS) is 1. The Morgan fingerprint density at radius 3 is 2.54 bits per heavy atom. The van der Waals surface area contributed by atoms with Gasteiger partial charge in [0.2, 0.25) is 0 Å². The normalized spacial score (nSPS) is 10.4. The number of aryl methyl sites for hydroxylation is 1. The number of benzene rings is 1. The zero-order valence-electron chi connectivity index (χ0n) is 12.7. The molecule has 0 bridgehead atoms. The molecule has 1 aromatic carbocycles. The van der Waals surface area contributed by atoms with Crippen LogP contribution in [0.25, 0.3) is 10.6 Å². The zero-order valence-corrected chi connectivity index (χ0v) is 13.5. The highest BCUT2D eigenvalue weighted by atomic mass is 32.1. The molecule has 0 saturated carbocycles. The van der Waals surface area contributed by atoms with Crippen molar-refractivity contribution >= 4 is 28.9 Å². The van der Waals surface area contributed by atoms with E-state index in [2.05, 4.69) is 15.3 Å². The molecule has 2 aromatic heterocycles. The summed E-state index contributed by atoms with van der Waals surface area (Å²) in [6.45, 7) is 1.78. The van der Waals surface area contributed by atoms with Crippen LogP contribution in [0, 0.1) is 6.92 Å². The number of aromatic carboxylic acids is 1. The van der Waals surface area contributed by atoms with Crippen molar-refractivity contribution < 1.29 is 14.7 Å². The van der Waals surface area contributed by atoms with Crippen molar-refractivity contribution in [2.24, 2.45) is 0 Å². The second-order valence-corrected chi connectivity index (χ2v) is 6.01. The predicted molar refractivity (Wildman–Crippen MR) is 91.4 cm³/mol. The van der Waals surface area contributed by atoms with Gasteiger partial charge in [-0.05, 0) is 43.3 Å². The fraction of sp³-hybridized carbons (Fsp3) is 0.0588. The van der Waals surface area contributed by atoms with Gasteiger partial charge in [0.05, 0.1) is 11.3 Å². The standard InChI is InChI=1S/C17H13N3O3S/c1-10-14(24-16(19-10)12-3-2-8-18-9-12)15(21)20-13-6-4-11(5-7-13)17(22)23/h2-9H,1H3,(H,20,21)(H,22,23). The number of amides is 1. The summed E-state index contributed by atoms with van der Waals surface area (Å²) in [5, 5.41) is 12.4. The maximum atomic E-state index is 12.4. The van der Waals surface area contributed by atoms with Crippen molar-refractivity contribution in [1.29, 1.82) is 0 Å². The second kappa shape index (κ2) is 6.59. The molecular formula is C17H13N3O3S. The minimum absolute atomic E-state index is 0.167. The van der Waals surface area contributed by atoms with Crippen molar-refractivity contribution in [3.8, 4) is 10.6 Å². The van der Waals surface area contributed by atoms with Gasteiger partial charge in [0.15, 0.2) is 0 Å². The van der Waals surface area contributed by atoms with Crippen LogP contribution in [0.5, 0.6) is 0 Å². The first-order valence-corrected chi connectivity index (χ1v) is 7.89. The van der Waals surface area contributed by atoms with E-state index in [1.807, 2.05) is 12.1 Å². The molecule has 0 atom stereocenters. The molecule has 0 unspecified atom stereocenters. The lowest BCUT2D eigenvalue weighted by Crippen LogP contribution is -2.11. The molecule has 0 aliphatic heterocycles. The van der Waals surface area contributed by atoms with Crippen LogP contribution in [0.4, 0.5) is 5.69 Å². The molecular weight excluding hydrogens is 326 g/mol. The highest BCUT2D eigenvalue weighted by Gasteiger charge is 2.16. The molecule has 0 saturated heterocycles. The lowest BCUT2D eigenvalue weighted by Gasteiger charge is -2.04. The van der Waals surface area contributed by atoms with E-state index in [9.17, 15) is 9.59 Å². The summed E-state index contributed by atoms with van der Waals surface area (Å²) in [5.41, 5.74) is 2.19. The molecule has 120 valence electrons. The number of nitrogens with one attached hydrogen (secondary N) is 1. The molecule has 0 aliphatic rings. The Hall–Kier alpha value is -3.06. The van der Waals surface area contributed by atoms with Gasteiger partial charge in [0.25, 0.3) is 5.91 Å². The second-order valence-electron chi connectivity index (χ2n) is 5.01. The van der Waals surface area contributed by atoms with Gasteiger partial charge < -0.3 is 10.4 Å². The van der Waals surface area contributed by atoms with E-state index in [1.165, 1.54) is 23.5 Å². The Morgan fingerprint density at radius 1 is 1.17 bits per heavy atom. The van der Waals surface area contributed by atoms with Gasteiger partial charge in [-0.25, -0.2) is 9.78 Å². The molecule has 7 heteroatoms. The van der Waals surface area contributed by atoms with E-state index >= 15 is 0 Å². The van der Waals surface area contributed by atoms with Crippen molar-refractivity contribution in [1.82, 2.24) is 9.97 Å². The SMILES string of the molecule is Cc1nc(-c2cccnc2)sc1C(=O)Nc1ccc(C(=O)O)cc1. The maximum Gasteiger partial charge on any atom is 0.335 e. The largest absolute Gasteiger partial charge is 0.478 e.